The van der Waals surface area contributed by atoms with Crippen molar-refractivity contribution in [1.29, 1.82) is 0 Å². The third kappa shape index (κ3) is 4.12. The van der Waals surface area contributed by atoms with Gasteiger partial charge in [-0.25, -0.2) is 24.9 Å². The van der Waals surface area contributed by atoms with Gasteiger partial charge < -0.3 is 29.7 Å². The first kappa shape index (κ1) is 21.4. The van der Waals surface area contributed by atoms with Crippen molar-refractivity contribution >= 4 is 28.9 Å². The van der Waals surface area contributed by atoms with Crippen molar-refractivity contribution < 1.29 is 14.2 Å². The van der Waals surface area contributed by atoms with Crippen molar-refractivity contribution in [2.45, 2.75) is 13.0 Å². The summed E-state index contributed by atoms with van der Waals surface area (Å²) < 4.78 is 19.1. The molecule has 1 unspecified atom stereocenters. The van der Waals surface area contributed by atoms with E-state index in [1.807, 2.05) is 0 Å². The number of hydrogen-bond donors (Lipinski definition) is 1. The van der Waals surface area contributed by atoms with E-state index in [0.29, 0.717) is 38.2 Å². The molecule has 0 spiro atoms. The molecule has 3 aromatic heterocycles. The SMILES string of the molecule is Nc1ncc(-c2nc(N3CCOCC3)c3nc(N4CCOCC4)n(CC4CCOC4)c3n2)cn1. The zero-order valence-corrected chi connectivity index (χ0v) is 19.1. The third-order valence-electron chi connectivity index (χ3n) is 6.56. The number of rotatable bonds is 5. The number of fused-ring (bicyclic) bond motifs is 1. The van der Waals surface area contributed by atoms with E-state index in [1.54, 1.807) is 12.4 Å². The van der Waals surface area contributed by atoms with Gasteiger partial charge in [-0.2, -0.15) is 0 Å². The number of anilines is 3. The molecular formula is C22H29N9O3. The van der Waals surface area contributed by atoms with E-state index in [2.05, 4.69) is 24.3 Å². The van der Waals surface area contributed by atoms with Crippen LogP contribution in [0.25, 0.3) is 22.6 Å². The molecule has 3 aliphatic heterocycles. The minimum absolute atomic E-state index is 0.221. The second-order valence-corrected chi connectivity index (χ2v) is 8.82. The standard InChI is InChI=1S/C22H29N9O3/c23-21-24-11-16(12-25-21)18-27-19(29-2-7-32-8-3-29)17-20(28-18)31(13-15-1-6-34-14-15)22(26-17)30-4-9-33-10-5-30/h11-12,15H,1-10,13-14H2,(H2,23,24,25). The van der Waals surface area contributed by atoms with Gasteiger partial charge in [0.15, 0.2) is 22.8 Å². The summed E-state index contributed by atoms with van der Waals surface area (Å²) in [6, 6.07) is 0. The van der Waals surface area contributed by atoms with Crippen LogP contribution < -0.4 is 15.5 Å². The van der Waals surface area contributed by atoms with Crippen molar-refractivity contribution in [3.8, 4) is 11.4 Å². The van der Waals surface area contributed by atoms with Crippen LogP contribution in [0.15, 0.2) is 12.4 Å². The fraction of sp³-hybridized carbons (Fsp3) is 0.591. The molecule has 12 nitrogen and oxygen atoms in total. The molecule has 0 amide bonds. The monoisotopic (exact) mass is 467 g/mol. The van der Waals surface area contributed by atoms with Crippen molar-refractivity contribution in [3.63, 3.8) is 0 Å². The lowest BCUT2D eigenvalue weighted by atomic mass is 10.1. The molecule has 1 atom stereocenters. The number of aromatic nitrogens is 6. The lowest BCUT2D eigenvalue weighted by molar-refractivity contribution is 0.121. The Labute approximate surface area is 197 Å². The zero-order chi connectivity index (χ0) is 22.9. The molecule has 0 aromatic carbocycles. The second-order valence-electron chi connectivity index (χ2n) is 8.82. The largest absolute Gasteiger partial charge is 0.381 e. The molecule has 0 aliphatic carbocycles. The maximum absolute atomic E-state index is 5.72. The minimum Gasteiger partial charge on any atom is -0.381 e. The molecule has 34 heavy (non-hydrogen) atoms. The van der Waals surface area contributed by atoms with Gasteiger partial charge in [0.2, 0.25) is 11.9 Å². The van der Waals surface area contributed by atoms with Gasteiger partial charge in [-0.3, -0.25) is 4.57 Å². The third-order valence-corrected chi connectivity index (χ3v) is 6.56. The summed E-state index contributed by atoms with van der Waals surface area (Å²) in [5.74, 6) is 2.93. The molecule has 3 fully saturated rings. The Morgan fingerprint density at radius 1 is 0.853 bits per heavy atom. The molecule has 6 heterocycles. The van der Waals surface area contributed by atoms with Crippen molar-refractivity contribution in [2.24, 2.45) is 5.92 Å². The predicted molar refractivity (Wildman–Crippen MR) is 126 cm³/mol. The topological polar surface area (TPSA) is 130 Å². The molecule has 3 aliphatic rings. The van der Waals surface area contributed by atoms with Crippen LogP contribution in [0.5, 0.6) is 0 Å². The molecule has 3 saturated heterocycles. The molecule has 0 radical (unpaired) electrons. The van der Waals surface area contributed by atoms with Crippen LogP contribution in [0.3, 0.4) is 0 Å². The highest BCUT2D eigenvalue weighted by Crippen LogP contribution is 2.33. The van der Waals surface area contributed by atoms with Gasteiger partial charge >= 0.3 is 0 Å². The Hall–Kier alpha value is -3.09. The van der Waals surface area contributed by atoms with Crippen LogP contribution in [0, 0.1) is 5.92 Å². The zero-order valence-electron chi connectivity index (χ0n) is 19.1. The summed E-state index contributed by atoms with van der Waals surface area (Å²) >= 11 is 0. The minimum atomic E-state index is 0.221. The van der Waals surface area contributed by atoms with Crippen LogP contribution >= 0.6 is 0 Å². The summed E-state index contributed by atoms with van der Waals surface area (Å²) in [4.78, 5) is 27.9. The summed E-state index contributed by atoms with van der Waals surface area (Å²) in [5, 5.41) is 0. The fourth-order valence-corrected chi connectivity index (χ4v) is 4.71. The first-order valence-electron chi connectivity index (χ1n) is 11.9. The quantitative estimate of drug-likeness (QED) is 0.565. The Morgan fingerprint density at radius 2 is 1.56 bits per heavy atom. The Bertz CT molecular complexity index is 1130. The van der Waals surface area contributed by atoms with E-state index < -0.39 is 0 Å². The molecule has 0 bridgehead atoms. The lowest BCUT2D eigenvalue weighted by Gasteiger charge is -2.28. The second kappa shape index (κ2) is 9.28. The predicted octanol–water partition coefficient (Wildman–Crippen LogP) is 0.575. The molecule has 180 valence electrons. The van der Waals surface area contributed by atoms with Gasteiger partial charge in [0, 0.05) is 57.6 Å². The average molecular weight is 468 g/mol. The summed E-state index contributed by atoms with van der Waals surface area (Å²) in [7, 11) is 0. The van der Waals surface area contributed by atoms with E-state index in [1.165, 1.54) is 0 Å². The van der Waals surface area contributed by atoms with Gasteiger partial charge in [0.05, 0.1) is 38.6 Å². The summed E-state index contributed by atoms with van der Waals surface area (Å²) in [5.41, 5.74) is 8.06. The normalized spacial score (nSPS) is 21.5. The fourth-order valence-electron chi connectivity index (χ4n) is 4.71. The van der Waals surface area contributed by atoms with Crippen molar-refractivity contribution in [3.05, 3.63) is 12.4 Å². The van der Waals surface area contributed by atoms with Crippen LogP contribution in [-0.2, 0) is 20.8 Å². The van der Waals surface area contributed by atoms with Crippen LogP contribution in [0.4, 0.5) is 17.7 Å². The molecule has 6 rings (SSSR count). The first-order chi connectivity index (χ1) is 16.8. The van der Waals surface area contributed by atoms with Gasteiger partial charge in [-0.15, -0.1) is 0 Å². The van der Waals surface area contributed by atoms with Crippen LogP contribution in [0.1, 0.15) is 6.42 Å². The Morgan fingerprint density at radius 3 is 2.24 bits per heavy atom. The van der Waals surface area contributed by atoms with Gasteiger partial charge in [0.25, 0.3) is 0 Å². The molecule has 0 saturated carbocycles. The highest BCUT2D eigenvalue weighted by molar-refractivity contribution is 5.88. The van der Waals surface area contributed by atoms with Gasteiger partial charge in [0.1, 0.15) is 0 Å². The number of ether oxygens (including phenoxy) is 3. The highest BCUT2D eigenvalue weighted by Gasteiger charge is 2.28. The summed E-state index contributed by atoms with van der Waals surface area (Å²) in [6.07, 6.45) is 4.37. The van der Waals surface area contributed by atoms with E-state index >= 15 is 0 Å². The Balaban J connectivity index is 1.53. The van der Waals surface area contributed by atoms with E-state index in [-0.39, 0.29) is 5.95 Å². The Kier molecular flexibility index (Phi) is 5.85. The van der Waals surface area contributed by atoms with Crippen LogP contribution in [0.2, 0.25) is 0 Å². The molecule has 12 heteroatoms. The highest BCUT2D eigenvalue weighted by atomic mass is 16.5. The first-order valence-corrected chi connectivity index (χ1v) is 11.9. The number of morpholine rings is 2. The van der Waals surface area contributed by atoms with E-state index in [9.17, 15) is 0 Å². The average Bonchev–Trinajstić information content (AvgIpc) is 3.53. The molecular weight excluding hydrogens is 438 g/mol. The smallest absolute Gasteiger partial charge is 0.219 e. The van der Waals surface area contributed by atoms with Gasteiger partial charge in [-0.05, 0) is 6.42 Å². The maximum atomic E-state index is 5.72. The number of hydrogen-bond acceptors (Lipinski definition) is 11. The maximum Gasteiger partial charge on any atom is 0.219 e. The number of nitrogen functional groups attached to an aromatic ring is 1. The number of imidazole rings is 1. The molecule has 3 aromatic rings. The van der Waals surface area contributed by atoms with Crippen LogP contribution in [-0.4, -0.2) is 95.3 Å². The van der Waals surface area contributed by atoms with Gasteiger partial charge in [-0.1, -0.05) is 0 Å². The number of nitrogens with two attached hydrogens (primary N) is 1. The van der Waals surface area contributed by atoms with Crippen molar-refractivity contribution in [1.82, 2.24) is 29.5 Å². The van der Waals surface area contributed by atoms with E-state index in [4.69, 9.17) is 34.9 Å². The van der Waals surface area contributed by atoms with E-state index in [0.717, 1.165) is 80.9 Å². The number of nitrogens with zero attached hydrogens (tertiary/aromatic N) is 8. The molecule has 2 N–H and O–H groups in total. The summed E-state index contributed by atoms with van der Waals surface area (Å²) in [6.45, 7) is 8.12. The van der Waals surface area contributed by atoms with Crippen molar-refractivity contribution in [2.75, 3.05) is 81.4 Å². The lowest BCUT2D eigenvalue weighted by Crippen LogP contribution is -2.38.